The molecule has 18 heavy (non-hydrogen) atoms. The summed E-state index contributed by atoms with van der Waals surface area (Å²) in [5.41, 5.74) is 1.37. The lowest BCUT2D eigenvalue weighted by atomic mass is 10.2. The van der Waals surface area contributed by atoms with Crippen LogP contribution in [0.15, 0.2) is 59.5 Å². The Morgan fingerprint density at radius 2 is 1.61 bits per heavy atom. The summed E-state index contributed by atoms with van der Waals surface area (Å²) in [6, 6.07) is 19.1. The molecule has 1 unspecified atom stereocenters. The molecule has 0 saturated heterocycles. The molecule has 1 nitrogen and oxygen atoms in total. The molecule has 1 atom stereocenters. The zero-order valence-corrected chi connectivity index (χ0v) is 11.7. The highest BCUT2D eigenvalue weighted by atomic mass is 32.2. The number of hydrogen-bond donors (Lipinski definition) is 0. The maximum Gasteiger partial charge on any atom is 0.154 e. The van der Waals surface area contributed by atoms with Gasteiger partial charge < -0.3 is 4.74 Å². The van der Waals surface area contributed by atoms with E-state index in [2.05, 4.69) is 60.9 Å². The lowest BCUT2D eigenvalue weighted by molar-refractivity contribution is 0.340. The van der Waals surface area contributed by atoms with Crippen molar-refractivity contribution in [1.29, 1.82) is 0 Å². The molecule has 0 aliphatic carbocycles. The molecule has 2 heteroatoms. The minimum atomic E-state index is 0.264. The summed E-state index contributed by atoms with van der Waals surface area (Å²) >= 11 is 0. The molecule has 0 amide bonds. The predicted octanol–water partition coefficient (Wildman–Crippen LogP) is 3.89. The Bertz CT molecular complexity index is 464. The second kappa shape index (κ2) is 6.50. The van der Waals surface area contributed by atoms with Crippen LogP contribution in [0.3, 0.4) is 0 Å². The number of rotatable bonds is 5. The lowest BCUT2D eigenvalue weighted by Crippen LogP contribution is -2.03. The van der Waals surface area contributed by atoms with Gasteiger partial charge in [-0.15, -0.1) is 0 Å². The molecule has 0 saturated carbocycles. The van der Waals surface area contributed by atoms with Crippen LogP contribution in [0, 0.1) is 0 Å². The van der Waals surface area contributed by atoms with Crippen LogP contribution < -0.4 is 4.74 Å². The van der Waals surface area contributed by atoms with Gasteiger partial charge in [0.2, 0.25) is 0 Å². The van der Waals surface area contributed by atoms with Crippen molar-refractivity contribution in [3.63, 3.8) is 0 Å². The molecule has 0 bridgehead atoms. The minimum Gasteiger partial charge on any atom is -0.494 e. The third-order valence-electron chi connectivity index (χ3n) is 2.76. The van der Waals surface area contributed by atoms with Crippen molar-refractivity contribution in [2.24, 2.45) is 0 Å². The summed E-state index contributed by atoms with van der Waals surface area (Å²) in [5.74, 6) is 2.05. The van der Waals surface area contributed by atoms with Gasteiger partial charge in [0, 0.05) is 16.5 Å². The van der Waals surface area contributed by atoms with Crippen LogP contribution in [-0.2, 0) is 16.6 Å². The first-order valence-electron chi connectivity index (χ1n) is 6.19. The van der Waals surface area contributed by atoms with E-state index in [1.807, 2.05) is 6.92 Å². The van der Waals surface area contributed by atoms with Gasteiger partial charge in [-0.2, -0.15) is 0 Å². The third-order valence-corrected chi connectivity index (χ3v) is 4.61. The van der Waals surface area contributed by atoms with Gasteiger partial charge in [0.05, 0.1) is 6.61 Å². The monoisotopic (exact) mass is 259 g/mol. The molecule has 2 aromatic rings. The summed E-state index contributed by atoms with van der Waals surface area (Å²) in [7, 11) is 0.264. The summed E-state index contributed by atoms with van der Waals surface area (Å²) in [5, 5.41) is 0. The minimum absolute atomic E-state index is 0.264. The fraction of sp³-hybridized carbons (Fsp3) is 0.250. The molecule has 0 N–H and O–H groups in total. The Balaban J connectivity index is 2.01. The Morgan fingerprint density at radius 3 is 2.22 bits per heavy atom. The largest absolute Gasteiger partial charge is 0.494 e. The van der Waals surface area contributed by atoms with Crippen LogP contribution in [0.25, 0.3) is 0 Å². The van der Waals surface area contributed by atoms with Crippen LogP contribution in [-0.4, -0.2) is 12.9 Å². The topological polar surface area (TPSA) is 9.23 Å². The average Bonchev–Trinajstić information content (AvgIpc) is 2.42. The Kier molecular flexibility index (Phi) is 4.71. The molecule has 0 heterocycles. The first-order chi connectivity index (χ1) is 8.79. The van der Waals surface area contributed by atoms with Crippen molar-refractivity contribution in [3.8, 4) is 5.75 Å². The highest BCUT2D eigenvalue weighted by Crippen LogP contribution is 2.18. The summed E-state index contributed by atoms with van der Waals surface area (Å²) in [6.07, 6.45) is 2.30. The van der Waals surface area contributed by atoms with E-state index in [0.29, 0.717) is 0 Å². The van der Waals surface area contributed by atoms with E-state index in [-0.39, 0.29) is 10.9 Å². The van der Waals surface area contributed by atoms with Crippen molar-refractivity contribution >= 4 is 10.9 Å². The van der Waals surface area contributed by atoms with Crippen LogP contribution in [0.1, 0.15) is 12.5 Å². The van der Waals surface area contributed by atoms with Crippen LogP contribution in [0.4, 0.5) is 0 Å². The van der Waals surface area contributed by atoms with E-state index in [0.717, 1.165) is 18.1 Å². The Morgan fingerprint density at radius 1 is 0.944 bits per heavy atom. The molecule has 2 aromatic carbocycles. The number of ether oxygens (including phenoxy) is 1. The highest BCUT2D eigenvalue weighted by molar-refractivity contribution is 7.95. The molecule has 0 aliphatic heterocycles. The Labute approximate surface area is 112 Å². The van der Waals surface area contributed by atoms with Crippen molar-refractivity contribution in [1.82, 2.24) is 0 Å². The van der Waals surface area contributed by atoms with Gasteiger partial charge in [0.1, 0.15) is 17.8 Å². The second-order valence-electron chi connectivity index (χ2n) is 4.17. The van der Waals surface area contributed by atoms with Gasteiger partial charge in [-0.3, -0.25) is 0 Å². The fourth-order valence-electron chi connectivity index (χ4n) is 1.83. The van der Waals surface area contributed by atoms with Gasteiger partial charge in [-0.25, -0.2) is 0 Å². The van der Waals surface area contributed by atoms with Crippen molar-refractivity contribution in [2.75, 3.05) is 12.9 Å². The van der Waals surface area contributed by atoms with Gasteiger partial charge >= 0.3 is 0 Å². The molecular weight excluding hydrogens is 240 g/mol. The molecule has 2 rings (SSSR count). The highest BCUT2D eigenvalue weighted by Gasteiger charge is 2.15. The van der Waals surface area contributed by atoms with Crippen molar-refractivity contribution < 1.29 is 4.74 Å². The van der Waals surface area contributed by atoms with Crippen molar-refractivity contribution in [2.45, 2.75) is 17.6 Å². The maximum atomic E-state index is 5.45. The summed E-state index contributed by atoms with van der Waals surface area (Å²) < 4.78 is 5.45. The smallest absolute Gasteiger partial charge is 0.154 e. The SMILES string of the molecule is CCOc1ccc(C[S+](C)c2ccccc2)cc1. The molecule has 0 aliphatic rings. The molecule has 0 spiro atoms. The normalized spacial score (nSPS) is 12.1. The molecule has 0 radical (unpaired) electrons. The summed E-state index contributed by atoms with van der Waals surface area (Å²) in [6.45, 7) is 2.73. The molecule has 0 aromatic heterocycles. The predicted molar refractivity (Wildman–Crippen MR) is 79.3 cm³/mol. The molecule has 94 valence electrons. The Hall–Kier alpha value is -1.41. The van der Waals surface area contributed by atoms with Crippen LogP contribution >= 0.6 is 0 Å². The van der Waals surface area contributed by atoms with Gasteiger partial charge in [-0.05, 0) is 31.2 Å². The van der Waals surface area contributed by atoms with E-state index in [1.165, 1.54) is 10.5 Å². The van der Waals surface area contributed by atoms with E-state index < -0.39 is 0 Å². The van der Waals surface area contributed by atoms with E-state index in [1.54, 1.807) is 0 Å². The first-order valence-corrected chi connectivity index (χ1v) is 7.99. The fourth-order valence-corrected chi connectivity index (χ4v) is 3.32. The van der Waals surface area contributed by atoms with Gasteiger partial charge in [0.15, 0.2) is 4.90 Å². The average molecular weight is 259 g/mol. The second-order valence-corrected chi connectivity index (χ2v) is 6.21. The first kappa shape index (κ1) is 13.0. The van der Waals surface area contributed by atoms with Gasteiger partial charge in [0.25, 0.3) is 0 Å². The number of benzene rings is 2. The molecular formula is C16H19OS+. The summed E-state index contributed by atoms with van der Waals surface area (Å²) in [4.78, 5) is 1.42. The van der Waals surface area contributed by atoms with E-state index in [4.69, 9.17) is 4.74 Å². The lowest BCUT2D eigenvalue weighted by Gasteiger charge is -2.05. The number of hydrogen-bond acceptors (Lipinski definition) is 1. The third kappa shape index (κ3) is 3.54. The van der Waals surface area contributed by atoms with E-state index in [9.17, 15) is 0 Å². The van der Waals surface area contributed by atoms with Crippen LogP contribution in [0.2, 0.25) is 0 Å². The van der Waals surface area contributed by atoms with Gasteiger partial charge in [-0.1, -0.05) is 30.3 Å². The standard InChI is InChI=1S/C16H19OS/c1-3-17-15-11-9-14(10-12-15)13-18(2)16-7-5-4-6-8-16/h4-12H,3,13H2,1-2H3/q+1. The zero-order valence-electron chi connectivity index (χ0n) is 10.9. The maximum absolute atomic E-state index is 5.45. The van der Waals surface area contributed by atoms with E-state index >= 15 is 0 Å². The van der Waals surface area contributed by atoms with Crippen molar-refractivity contribution in [3.05, 3.63) is 60.2 Å². The van der Waals surface area contributed by atoms with Crippen LogP contribution in [0.5, 0.6) is 5.75 Å². The zero-order chi connectivity index (χ0) is 12.8. The quantitative estimate of drug-likeness (QED) is 0.740. The molecule has 0 fully saturated rings.